The number of aromatic nitrogens is 2. The van der Waals surface area contributed by atoms with Crippen molar-refractivity contribution in [2.24, 2.45) is 12.8 Å². The maximum absolute atomic E-state index is 12.2. The lowest BCUT2D eigenvalue weighted by Gasteiger charge is -2.31. The summed E-state index contributed by atoms with van der Waals surface area (Å²) in [6.45, 7) is 3.07. The highest BCUT2D eigenvalue weighted by molar-refractivity contribution is 5.89. The van der Waals surface area contributed by atoms with Crippen LogP contribution in [0.15, 0.2) is 6.07 Å². The first kappa shape index (κ1) is 12.3. The fourth-order valence-corrected chi connectivity index (χ4v) is 2.18. The van der Waals surface area contributed by atoms with Crippen LogP contribution in [-0.2, 0) is 23.0 Å². The molecule has 0 saturated carbocycles. The average Bonchev–Trinajstić information content (AvgIpc) is 2.58. The van der Waals surface area contributed by atoms with E-state index in [2.05, 4.69) is 5.10 Å². The molecule has 1 aliphatic heterocycles. The van der Waals surface area contributed by atoms with Crippen LogP contribution in [0.25, 0.3) is 0 Å². The number of carbonyl (C=O) groups is 1. The first-order valence-corrected chi connectivity index (χ1v) is 5.91. The lowest BCUT2D eigenvalue weighted by atomic mass is 9.85. The van der Waals surface area contributed by atoms with Gasteiger partial charge in [-0.05, 0) is 25.8 Å². The van der Waals surface area contributed by atoms with Crippen LogP contribution in [0.2, 0.25) is 0 Å². The Kier molecular flexibility index (Phi) is 3.31. The molecule has 2 heterocycles. The number of nitrogens with two attached hydrogens (primary N) is 1. The Labute approximate surface area is 101 Å². The van der Waals surface area contributed by atoms with Crippen molar-refractivity contribution in [3.63, 3.8) is 0 Å². The summed E-state index contributed by atoms with van der Waals surface area (Å²) in [5.74, 6) is 0.0869. The van der Waals surface area contributed by atoms with Gasteiger partial charge in [-0.2, -0.15) is 5.10 Å². The van der Waals surface area contributed by atoms with Crippen LogP contribution in [-0.4, -0.2) is 34.3 Å². The zero-order valence-corrected chi connectivity index (χ0v) is 10.4. The normalized spacial score (nSPS) is 19.2. The SMILES string of the molecule is Cc1cc(CC(=O)C2(N)CCOCC2)n(C)n1. The second kappa shape index (κ2) is 4.58. The van der Waals surface area contributed by atoms with Gasteiger partial charge in [0.2, 0.25) is 0 Å². The lowest BCUT2D eigenvalue weighted by Crippen LogP contribution is -2.52. The molecule has 0 aromatic carbocycles. The van der Waals surface area contributed by atoms with Crippen LogP contribution in [0.5, 0.6) is 0 Å². The number of hydrogen-bond acceptors (Lipinski definition) is 4. The number of ketones is 1. The highest BCUT2D eigenvalue weighted by Crippen LogP contribution is 2.20. The molecule has 1 aromatic heterocycles. The minimum atomic E-state index is -0.712. The van der Waals surface area contributed by atoms with Crippen molar-refractivity contribution in [2.45, 2.75) is 31.7 Å². The summed E-state index contributed by atoms with van der Waals surface area (Å²) in [7, 11) is 1.85. The van der Waals surface area contributed by atoms with E-state index in [1.54, 1.807) is 4.68 Å². The molecular weight excluding hydrogens is 218 g/mol. The van der Waals surface area contributed by atoms with Gasteiger partial charge in [0.05, 0.1) is 17.7 Å². The first-order valence-electron chi connectivity index (χ1n) is 5.91. The predicted octanol–water partition coefficient (Wildman–Crippen LogP) is 0.348. The Balaban J connectivity index is 2.08. The van der Waals surface area contributed by atoms with Crippen LogP contribution >= 0.6 is 0 Å². The van der Waals surface area contributed by atoms with Gasteiger partial charge in [-0.3, -0.25) is 9.48 Å². The number of nitrogens with zero attached hydrogens (tertiary/aromatic N) is 2. The Bertz CT molecular complexity index is 419. The molecule has 0 bridgehead atoms. The van der Waals surface area contributed by atoms with E-state index >= 15 is 0 Å². The quantitative estimate of drug-likeness (QED) is 0.823. The summed E-state index contributed by atoms with van der Waals surface area (Å²) < 4.78 is 6.99. The fraction of sp³-hybridized carbons (Fsp3) is 0.667. The average molecular weight is 237 g/mol. The number of carbonyl (C=O) groups excluding carboxylic acids is 1. The van der Waals surface area contributed by atoms with E-state index in [0.29, 0.717) is 32.5 Å². The topological polar surface area (TPSA) is 70.1 Å². The van der Waals surface area contributed by atoms with Gasteiger partial charge in [0.1, 0.15) is 0 Å². The Morgan fingerprint density at radius 1 is 1.59 bits per heavy atom. The number of aryl methyl sites for hydroxylation is 2. The maximum Gasteiger partial charge on any atom is 0.158 e. The van der Waals surface area contributed by atoms with Crippen molar-refractivity contribution < 1.29 is 9.53 Å². The molecule has 94 valence electrons. The van der Waals surface area contributed by atoms with Crippen LogP contribution in [0.1, 0.15) is 24.2 Å². The molecule has 0 aliphatic carbocycles. The van der Waals surface area contributed by atoms with E-state index in [-0.39, 0.29) is 5.78 Å². The maximum atomic E-state index is 12.2. The number of ether oxygens (including phenoxy) is 1. The highest BCUT2D eigenvalue weighted by atomic mass is 16.5. The molecule has 0 radical (unpaired) electrons. The molecule has 17 heavy (non-hydrogen) atoms. The third-order valence-electron chi connectivity index (χ3n) is 3.38. The van der Waals surface area contributed by atoms with Crippen molar-refractivity contribution in [1.82, 2.24) is 9.78 Å². The number of Topliss-reactive ketones (excluding diaryl/α,β-unsaturated/α-hetero) is 1. The minimum absolute atomic E-state index is 0.0869. The molecule has 5 heteroatoms. The van der Waals surface area contributed by atoms with Gasteiger partial charge in [0, 0.05) is 26.0 Å². The van der Waals surface area contributed by atoms with Crippen molar-refractivity contribution >= 4 is 5.78 Å². The van der Waals surface area contributed by atoms with Crippen LogP contribution in [0, 0.1) is 6.92 Å². The third-order valence-corrected chi connectivity index (χ3v) is 3.38. The molecule has 0 atom stereocenters. The monoisotopic (exact) mass is 237 g/mol. The molecule has 0 amide bonds. The molecular formula is C12H19N3O2. The van der Waals surface area contributed by atoms with E-state index in [1.807, 2.05) is 20.0 Å². The summed E-state index contributed by atoms with van der Waals surface area (Å²) in [6.07, 6.45) is 1.58. The molecule has 1 fully saturated rings. The van der Waals surface area contributed by atoms with E-state index in [1.165, 1.54) is 0 Å². The van der Waals surface area contributed by atoms with Crippen molar-refractivity contribution in [3.05, 3.63) is 17.5 Å². The minimum Gasteiger partial charge on any atom is -0.381 e. The van der Waals surface area contributed by atoms with Gasteiger partial charge >= 0.3 is 0 Å². The molecule has 2 N–H and O–H groups in total. The van der Waals surface area contributed by atoms with Gasteiger partial charge in [-0.25, -0.2) is 0 Å². The second-order valence-electron chi connectivity index (χ2n) is 4.77. The number of rotatable bonds is 3. The first-order chi connectivity index (χ1) is 8.01. The fourth-order valence-electron chi connectivity index (χ4n) is 2.18. The van der Waals surface area contributed by atoms with Crippen molar-refractivity contribution in [2.75, 3.05) is 13.2 Å². The standard InChI is InChI=1S/C12H19N3O2/c1-9-7-10(15(2)14-9)8-11(16)12(13)3-5-17-6-4-12/h7H,3-6,8,13H2,1-2H3. The largest absolute Gasteiger partial charge is 0.381 e. The molecule has 2 rings (SSSR count). The predicted molar refractivity (Wildman–Crippen MR) is 63.6 cm³/mol. The third kappa shape index (κ3) is 2.56. The van der Waals surface area contributed by atoms with E-state index in [4.69, 9.17) is 10.5 Å². The lowest BCUT2D eigenvalue weighted by molar-refractivity contribution is -0.127. The van der Waals surface area contributed by atoms with Gasteiger partial charge in [-0.1, -0.05) is 0 Å². The Morgan fingerprint density at radius 3 is 2.76 bits per heavy atom. The Morgan fingerprint density at radius 2 is 2.24 bits per heavy atom. The van der Waals surface area contributed by atoms with Crippen molar-refractivity contribution in [1.29, 1.82) is 0 Å². The summed E-state index contributed by atoms with van der Waals surface area (Å²) in [5.41, 5.74) is 7.28. The van der Waals surface area contributed by atoms with Gasteiger partial charge in [0.25, 0.3) is 0 Å². The van der Waals surface area contributed by atoms with Gasteiger partial charge < -0.3 is 10.5 Å². The zero-order chi connectivity index (χ0) is 12.5. The van der Waals surface area contributed by atoms with Crippen molar-refractivity contribution in [3.8, 4) is 0 Å². The molecule has 5 nitrogen and oxygen atoms in total. The van der Waals surface area contributed by atoms with Crippen LogP contribution in [0.3, 0.4) is 0 Å². The number of hydrogen-bond donors (Lipinski definition) is 1. The van der Waals surface area contributed by atoms with Crippen LogP contribution < -0.4 is 5.73 Å². The molecule has 1 saturated heterocycles. The van der Waals surface area contributed by atoms with Gasteiger partial charge in [-0.15, -0.1) is 0 Å². The summed E-state index contributed by atoms with van der Waals surface area (Å²) in [4.78, 5) is 12.2. The van der Waals surface area contributed by atoms with E-state index in [0.717, 1.165) is 11.4 Å². The summed E-state index contributed by atoms with van der Waals surface area (Å²) >= 11 is 0. The summed E-state index contributed by atoms with van der Waals surface area (Å²) in [6, 6.07) is 1.93. The van der Waals surface area contributed by atoms with Crippen LogP contribution in [0.4, 0.5) is 0 Å². The van der Waals surface area contributed by atoms with Gasteiger partial charge in [0.15, 0.2) is 5.78 Å². The van der Waals surface area contributed by atoms with E-state index < -0.39 is 5.54 Å². The molecule has 1 aliphatic rings. The molecule has 0 unspecified atom stereocenters. The molecule has 0 spiro atoms. The summed E-state index contributed by atoms with van der Waals surface area (Å²) in [5, 5.41) is 4.23. The second-order valence-corrected chi connectivity index (χ2v) is 4.77. The molecule has 1 aromatic rings. The van der Waals surface area contributed by atoms with E-state index in [9.17, 15) is 4.79 Å². The smallest absolute Gasteiger partial charge is 0.158 e. The Hall–Kier alpha value is -1.20. The zero-order valence-electron chi connectivity index (χ0n) is 10.4. The highest BCUT2D eigenvalue weighted by Gasteiger charge is 2.35.